The molecule has 1 fully saturated rings. The van der Waals surface area contributed by atoms with E-state index in [0.717, 1.165) is 25.0 Å². The zero-order chi connectivity index (χ0) is 14.7. The van der Waals surface area contributed by atoms with Crippen molar-refractivity contribution in [1.82, 2.24) is 15.5 Å². The number of nitrogens with zero attached hydrogens (tertiary/aromatic N) is 2. The van der Waals surface area contributed by atoms with Crippen molar-refractivity contribution >= 4 is 17.5 Å². The van der Waals surface area contributed by atoms with Crippen molar-refractivity contribution in [2.24, 2.45) is 0 Å². The monoisotopic (exact) mass is 307 g/mol. The van der Waals surface area contributed by atoms with E-state index in [1.54, 1.807) is 24.3 Å². The Bertz CT molecular complexity index is 621. The smallest absolute Gasteiger partial charge is 0.316 e. The van der Waals surface area contributed by atoms with Crippen molar-refractivity contribution in [2.45, 2.75) is 18.9 Å². The van der Waals surface area contributed by atoms with Crippen LogP contribution < -0.4 is 5.32 Å². The fourth-order valence-electron chi connectivity index (χ4n) is 2.12. The lowest BCUT2D eigenvalue weighted by molar-refractivity contribution is 0.0822. The van der Waals surface area contributed by atoms with E-state index in [0.29, 0.717) is 17.4 Å². The number of hydrogen-bond donors (Lipinski definition) is 1. The largest absolute Gasteiger partial charge is 0.376 e. The summed E-state index contributed by atoms with van der Waals surface area (Å²) in [5.74, 6) is -0.0925. The second kappa shape index (κ2) is 6.24. The second-order valence-corrected chi connectivity index (χ2v) is 5.21. The van der Waals surface area contributed by atoms with E-state index in [1.165, 1.54) is 0 Å². The van der Waals surface area contributed by atoms with Crippen LogP contribution in [-0.2, 0) is 4.74 Å². The van der Waals surface area contributed by atoms with Gasteiger partial charge in [0.1, 0.15) is 0 Å². The Morgan fingerprint density at radius 1 is 1.38 bits per heavy atom. The Kier molecular flexibility index (Phi) is 4.17. The number of halogens is 1. The topological polar surface area (TPSA) is 77.2 Å². The van der Waals surface area contributed by atoms with Crippen LogP contribution in [0.4, 0.5) is 0 Å². The number of carbonyl (C=O) groups excluding carboxylic acids is 1. The van der Waals surface area contributed by atoms with E-state index in [4.69, 9.17) is 20.9 Å². The predicted molar refractivity (Wildman–Crippen MR) is 76.1 cm³/mol. The van der Waals surface area contributed by atoms with Crippen molar-refractivity contribution in [2.75, 3.05) is 13.2 Å². The number of rotatable bonds is 4. The molecule has 6 nitrogen and oxygen atoms in total. The number of amides is 1. The van der Waals surface area contributed by atoms with Crippen LogP contribution in [0.25, 0.3) is 11.4 Å². The fourth-order valence-corrected chi connectivity index (χ4v) is 2.25. The van der Waals surface area contributed by atoms with Crippen LogP contribution in [0.5, 0.6) is 0 Å². The molecule has 1 aromatic heterocycles. The van der Waals surface area contributed by atoms with Gasteiger partial charge in [0.05, 0.1) is 6.10 Å². The Labute approximate surface area is 126 Å². The molecular formula is C14H14ClN3O3. The minimum absolute atomic E-state index is 0.0575. The van der Waals surface area contributed by atoms with Gasteiger partial charge in [-0.1, -0.05) is 16.8 Å². The molecule has 21 heavy (non-hydrogen) atoms. The molecule has 0 spiro atoms. The molecule has 0 aliphatic carbocycles. The van der Waals surface area contributed by atoms with Gasteiger partial charge in [-0.05, 0) is 37.1 Å². The molecule has 3 rings (SSSR count). The minimum atomic E-state index is -0.391. The molecule has 2 heterocycles. The molecule has 2 aromatic rings. The SMILES string of the molecule is O=C(NCC1CCCO1)c1nc(-c2ccc(Cl)cc2)no1. The summed E-state index contributed by atoms with van der Waals surface area (Å²) in [7, 11) is 0. The molecule has 110 valence electrons. The molecule has 7 heteroatoms. The average Bonchev–Trinajstić information content (AvgIpc) is 3.17. The molecule has 1 atom stereocenters. The maximum Gasteiger partial charge on any atom is 0.316 e. The van der Waals surface area contributed by atoms with E-state index in [9.17, 15) is 4.79 Å². The zero-order valence-corrected chi connectivity index (χ0v) is 12.0. The maximum absolute atomic E-state index is 11.9. The lowest BCUT2D eigenvalue weighted by atomic mass is 10.2. The van der Waals surface area contributed by atoms with E-state index in [1.807, 2.05) is 0 Å². The van der Waals surface area contributed by atoms with Crippen LogP contribution in [0, 0.1) is 0 Å². The predicted octanol–water partition coefficient (Wildman–Crippen LogP) is 2.30. The summed E-state index contributed by atoms with van der Waals surface area (Å²) < 4.78 is 10.4. The van der Waals surface area contributed by atoms with Crippen LogP contribution in [0.1, 0.15) is 23.5 Å². The molecule has 0 bridgehead atoms. The summed E-state index contributed by atoms with van der Waals surface area (Å²) in [6.07, 6.45) is 2.06. The minimum Gasteiger partial charge on any atom is -0.376 e. The average molecular weight is 308 g/mol. The first-order chi connectivity index (χ1) is 10.2. The first-order valence-corrected chi connectivity index (χ1v) is 7.09. The van der Waals surface area contributed by atoms with Gasteiger partial charge >= 0.3 is 11.8 Å². The first-order valence-electron chi connectivity index (χ1n) is 6.72. The van der Waals surface area contributed by atoms with Crippen LogP contribution in [0.2, 0.25) is 5.02 Å². The van der Waals surface area contributed by atoms with Gasteiger partial charge in [-0.2, -0.15) is 4.98 Å². The summed E-state index contributed by atoms with van der Waals surface area (Å²) in [6, 6.07) is 6.98. The molecule has 1 saturated heterocycles. The lowest BCUT2D eigenvalue weighted by Gasteiger charge is -2.08. The van der Waals surface area contributed by atoms with Gasteiger partial charge in [-0.3, -0.25) is 4.79 Å². The molecule has 1 aliphatic rings. The summed E-state index contributed by atoms with van der Waals surface area (Å²) in [6.45, 7) is 1.21. The molecule has 0 saturated carbocycles. The normalized spacial score (nSPS) is 17.9. The number of aromatic nitrogens is 2. The zero-order valence-electron chi connectivity index (χ0n) is 11.2. The van der Waals surface area contributed by atoms with Gasteiger partial charge in [-0.15, -0.1) is 0 Å². The Balaban J connectivity index is 1.63. The van der Waals surface area contributed by atoms with Crippen molar-refractivity contribution in [3.05, 3.63) is 35.2 Å². The molecule has 1 amide bonds. The quantitative estimate of drug-likeness (QED) is 0.938. The van der Waals surface area contributed by atoms with Crippen molar-refractivity contribution in [3.63, 3.8) is 0 Å². The third kappa shape index (κ3) is 3.40. The van der Waals surface area contributed by atoms with Gasteiger partial charge in [-0.25, -0.2) is 0 Å². The van der Waals surface area contributed by atoms with E-state index < -0.39 is 5.91 Å². The highest BCUT2D eigenvalue weighted by atomic mass is 35.5. The third-order valence-corrected chi connectivity index (χ3v) is 3.49. The fraction of sp³-hybridized carbons (Fsp3) is 0.357. The Morgan fingerprint density at radius 2 is 2.19 bits per heavy atom. The van der Waals surface area contributed by atoms with Crippen molar-refractivity contribution in [1.29, 1.82) is 0 Å². The number of hydrogen-bond acceptors (Lipinski definition) is 5. The maximum atomic E-state index is 11.9. The van der Waals surface area contributed by atoms with Crippen LogP contribution >= 0.6 is 11.6 Å². The van der Waals surface area contributed by atoms with Gasteiger partial charge in [0.2, 0.25) is 5.82 Å². The first kappa shape index (κ1) is 14.0. The highest BCUT2D eigenvalue weighted by Gasteiger charge is 2.20. The van der Waals surface area contributed by atoms with E-state index in [-0.39, 0.29) is 12.0 Å². The molecule has 1 aromatic carbocycles. The number of ether oxygens (including phenoxy) is 1. The highest BCUT2D eigenvalue weighted by molar-refractivity contribution is 6.30. The van der Waals surface area contributed by atoms with Gasteiger partial charge in [0, 0.05) is 23.7 Å². The van der Waals surface area contributed by atoms with Crippen LogP contribution in [-0.4, -0.2) is 35.3 Å². The summed E-state index contributed by atoms with van der Waals surface area (Å²) >= 11 is 5.82. The number of carbonyl (C=O) groups is 1. The van der Waals surface area contributed by atoms with Crippen molar-refractivity contribution in [3.8, 4) is 11.4 Å². The van der Waals surface area contributed by atoms with Crippen LogP contribution in [0.3, 0.4) is 0 Å². The molecule has 1 aliphatic heterocycles. The number of benzene rings is 1. The summed E-state index contributed by atoms with van der Waals surface area (Å²) in [4.78, 5) is 16.0. The van der Waals surface area contributed by atoms with Gasteiger partial charge in [0.15, 0.2) is 0 Å². The molecule has 1 unspecified atom stereocenters. The highest BCUT2D eigenvalue weighted by Crippen LogP contribution is 2.18. The van der Waals surface area contributed by atoms with E-state index in [2.05, 4.69) is 15.5 Å². The van der Waals surface area contributed by atoms with Crippen LogP contribution in [0.15, 0.2) is 28.8 Å². The summed E-state index contributed by atoms with van der Waals surface area (Å²) in [5.41, 5.74) is 0.737. The van der Waals surface area contributed by atoms with Crippen molar-refractivity contribution < 1.29 is 14.1 Å². The number of nitrogens with one attached hydrogen (secondary N) is 1. The standard InChI is InChI=1S/C14H14ClN3O3/c15-10-5-3-9(4-6-10)12-17-14(21-18-12)13(19)16-8-11-2-1-7-20-11/h3-6,11H,1-2,7-8H2,(H,16,19). The van der Waals surface area contributed by atoms with Gasteiger partial charge in [0.25, 0.3) is 0 Å². The second-order valence-electron chi connectivity index (χ2n) is 4.78. The Hall–Kier alpha value is -1.92. The lowest BCUT2D eigenvalue weighted by Crippen LogP contribution is -2.31. The molecule has 0 radical (unpaired) electrons. The van der Waals surface area contributed by atoms with E-state index >= 15 is 0 Å². The summed E-state index contributed by atoms with van der Waals surface area (Å²) in [5, 5.41) is 7.15. The third-order valence-electron chi connectivity index (χ3n) is 3.24. The van der Waals surface area contributed by atoms with Gasteiger partial charge < -0.3 is 14.6 Å². The Morgan fingerprint density at radius 3 is 2.90 bits per heavy atom. The molecular weight excluding hydrogens is 294 g/mol. The molecule has 1 N–H and O–H groups in total.